The number of nitrogens with two attached hydrogens (primary N) is 2. The molecule has 1 aromatic heterocycles. The van der Waals surface area contributed by atoms with Crippen LogP contribution < -0.4 is 16.8 Å². The van der Waals surface area contributed by atoms with E-state index in [1.165, 1.54) is 0 Å². The summed E-state index contributed by atoms with van der Waals surface area (Å²) in [4.78, 5) is 4.21. The number of pyridine rings is 1. The summed E-state index contributed by atoms with van der Waals surface area (Å²) in [5, 5.41) is 3.34. The zero-order valence-electron chi connectivity index (χ0n) is 10.8. The van der Waals surface area contributed by atoms with Crippen molar-refractivity contribution in [1.82, 2.24) is 4.98 Å². The normalized spacial score (nSPS) is 11.5. The lowest BCUT2D eigenvalue weighted by Gasteiger charge is -2.30. The van der Waals surface area contributed by atoms with E-state index in [2.05, 4.69) is 30.4 Å². The predicted molar refractivity (Wildman–Crippen MR) is 78.4 cm³/mol. The zero-order valence-corrected chi connectivity index (χ0v) is 11.6. The molecule has 5 heteroatoms. The van der Waals surface area contributed by atoms with E-state index < -0.39 is 0 Å². The number of rotatable bonds is 6. The van der Waals surface area contributed by atoms with E-state index in [9.17, 15) is 0 Å². The summed E-state index contributed by atoms with van der Waals surface area (Å²) < 4.78 is 0.262. The van der Waals surface area contributed by atoms with Crippen molar-refractivity contribution in [3.8, 4) is 0 Å². The maximum Gasteiger partial charge on any atom is 0.149 e. The molecule has 0 saturated heterocycles. The molecule has 0 aliphatic heterocycles. The largest absolute Gasteiger partial charge is 0.396 e. The molecule has 0 saturated carbocycles. The number of hydrogen-bond acceptors (Lipinski definition) is 5. The molecule has 0 fully saturated rings. The van der Waals surface area contributed by atoms with Gasteiger partial charge in [0.05, 0.1) is 5.69 Å². The van der Waals surface area contributed by atoms with E-state index in [1.807, 2.05) is 17.8 Å². The molecule has 0 aromatic carbocycles. The Kier molecular flexibility index (Phi) is 4.93. The van der Waals surface area contributed by atoms with Crippen LogP contribution in [0.25, 0.3) is 0 Å². The van der Waals surface area contributed by atoms with Gasteiger partial charge in [-0.15, -0.1) is 0 Å². The highest BCUT2D eigenvalue weighted by Gasteiger charge is 2.24. The van der Waals surface area contributed by atoms with Crippen molar-refractivity contribution in [3.63, 3.8) is 0 Å². The third-order valence-corrected chi connectivity index (χ3v) is 4.86. The Hall–Kier alpha value is -1.10. The average molecular weight is 254 g/mol. The molecule has 1 heterocycles. The van der Waals surface area contributed by atoms with Gasteiger partial charge in [-0.2, -0.15) is 11.8 Å². The van der Waals surface area contributed by atoms with Gasteiger partial charge in [0, 0.05) is 11.3 Å². The Balaban J connectivity index is 2.68. The zero-order chi connectivity index (χ0) is 12.9. The molecule has 0 bridgehead atoms. The van der Waals surface area contributed by atoms with Crippen LogP contribution in [0.4, 0.5) is 17.3 Å². The number of nitrogens with one attached hydrogen (secondary N) is 1. The van der Waals surface area contributed by atoms with Crippen LogP contribution in [-0.2, 0) is 0 Å². The van der Waals surface area contributed by atoms with Crippen LogP contribution in [0.1, 0.15) is 26.7 Å². The van der Waals surface area contributed by atoms with E-state index in [4.69, 9.17) is 11.5 Å². The minimum atomic E-state index is 0.262. The fourth-order valence-corrected chi connectivity index (χ4v) is 2.49. The van der Waals surface area contributed by atoms with Gasteiger partial charge in [0.25, 0.3) is 0 Å². The van der Waals surface area contributed by atoms with Crippen LogP contribution in [0.3, 0.4) is 0 Å². The van der Waals surface area contributed by atoms with Crippen molar-refractivity contribution >= 4 is 29.1 Å². The highest BCUT2D eigenvalue weighted by atomic mass is 32.2. The lowest BCUT2D eigenvalue weighted by Crippen LogP contribution is -2.32. The third-order valence-electron chi connectivity index (χ3n) is 3.27. The quantitative estimate of drug-likeness (QED) is 0.727. The average Bonchev–Trinajstić information content (AvgIpc) is 2.36. The van der Waals surface area contributed by atoms with Crippen LogP contribution in [0, 0.1) is 0 Å². The van der Waals surface area contributed by atoms with Crippen molar-refractivity contribution in [1.29, 1.82) is 0 Å². The lowest BCUT2D eigenvalue weighted by atomic mass is 10.0. The van der Waals surface area contributed by atoms with Gasteiger partial charge in [0.1, 0.15) is 11.6 Å². The third kappa shape index (κ3) is 3.43. The maximum atomic E-state index is 5.68. The van der Waals surface area contributed by atoms with E-state index in [1.54, 1.807) is 6.07 Å². The minimum Gasteiger partial charge on any atom is -0.396 e. The highest BCUT2D eigenvalue weighted by molar-refractivity contribution is 8.00. The first kappa shape index (κ1) is 14.0. The van der Waals surface area contributed by atoms with E-state index in [0.29, 0.717) is 11.5 Å². The maximum absolute atomic E-state index is 5.68. The van der Waals surface area contributed by atoms with Crippen LogP contribution in [0.5, 0.6) is 0 Å². The van der Waals surface area contributed by atoms with Crippen LogP contribution in [0.15, 0.2) is 12.1 Å². The van der Waals surface area contributed by atoms with Gasteiger partial charge in [-0.1, -0.05) is 13.8 Å². The van der Waals surface area contributed by atoms with Crippen molar-refractivity contribution in [3.05, 3.63) is 12.1 Å². The predicted octanol–water partition coefficient (Wildman–Crippen LogP) is 2.58. The highest BCUT2D eigenvalue weighted by Crippen LogP contribution is 2.30. The molecule has 0 atom stereocenters. The van der Waals surface area contributed by atoms with E-state index in [-0.39, 0.29) is 4.75 Å². The minimum absolute atomic E-state index is 0.262. The SMILES string of the molecule is CCC(CC)(CNc1ccc(N)c(N)n1)SC. The fraction of sp³-hybridized carbons (Fsp3) is 0.583. The van der Waals surface area contributed by atoms with Gasteiger partial charge in [-0.25, -0.2) is 4.98 Å². The standard InChI is InChI=1S/C12H22N4S/c1-4-12(5-2,17-3)8-15-10-7-6-9(13)11(14)16-10/h6-7H,4-5,8,13H2,1-3H3,(H3,14,15,16). The first-order chi connectivity index (χ1) is 8.06. The fourth-order valence-electron chi connectivity index (χ4n) is 1.70. The molecule has 1 rings (SSSR count). The van der Waals surface area contributed by atoms with Crippen LogP contribution >= 0.6 is 11.8 Å². The molecule has 0 unspecified atom stereocenters. The van der Waals surface area contributed by atoms with Crippen molar-refractivity contribution < 1.29 is 0 Å². The van der Waals surface area contributed by atoms with Gasteiger partial charge in [0.2, 0.25) is 0 Å². The molecule has 96 valence electrons. The second-order valence-electron chi connectivity index (χ2n) is 4.12. The second kappa shape index (κ2) is 6.00. The topological polar surface area (TPSA) is 77.0 Å². The van der Waals surface area contributed by atoms with Crippen molar-refractivity contribution in [2.24, 2.45) is 0 Å². The summed E-state index contributed by atoms with van der Waals surface area (Å²) in [5.74, 6) is 1.18. The summed E-state index contributed by atoms with van der Waals surface area (Å²) in [6.07, 6.45) is 4.41. The lowest BCUT2D eigenvalue weighted by molar-refractivity contribution is 0.574. The van der Waals surface area contributed by atoms with Gasteiger partial charge in [0.15, 0.2) is 0 Å². The van der Waals surface area contributed by atoms with Gasteiger partial charge in [-0.05, 0) is 31.2 Å². The monoisotopic (exact) mass is 254 g/mol. The Morgan fingerprint density at radius 3 is 2.41 bits per heavy atom. The Morgan fingerprint density at radius 1 is 1.29 bits per heavy atom. The number of aromatic nitrogens is 1. The summed E-state index contributed by atoms with van der Waals surface area (Å²) in [7, 11) is 0. The number of thioether (sulfide) groups is 1. The first-order valence-electron chi connectivity index (χ1n) is 5.88. The number of nitrogens with zero attached hydrogens (tertiary/aromatic N) is 1. The number of anilines is 3. The molecule has 17 heavy (non-hydrogen) atoms. The Bertz CT molecular complexity index is 355. The molecule has 0 radical (unpaired) electrons. The summed E-state index contributed by atoms with van der Waals surface area (Å²) in [5.41, 5.74) is 11.8. The van der Waals surface area contributed by atoms with Crippen molar-refractivity contribution in [2.45, 2.75) is 31.4 Å². The molecule has 0 aliphatic rings. The van der Waals surface area contributed by atoms with Crippen molar-refractivity contribution in [2.75, 3.05) is 29.6 Å². The molecule has 4 nitrogen and oxygen atoms in total. The van der Waals surface area contributed by atoms with Gasteiger partial charge >= 0.3 is 0 Å². The molecule has 0 amide bonds. The smallest absolute Gasteiger partial charge is 0.149 e. The van der Waals surface area contributed by atoms with E-state index >= 15 is 0 Å². The van der Waals surface area contributed by atoms with Gasteiger partial charge in [-0.3, -0.25) is 0 Å². The molecule has 5 N–H and O–H groups in total. The Morgan fingerprint density at radius 2 is 1.94 bits per heavy atom. The van der Waals surface area contributed by atoms with E-state index in [0.717, 1.165) is 25.2 Å². The second-order valence-corrected chi connectivity index (χ2v) is 5.39. The molecular weight excluding hydrogens is 232 g/mol. The number of nitrogen functional groups attached to an aromatic ring is 2. The molecule has 1 aromatic rings. The molecular formula is C12H22N4S. The summed E-state index contributed by atoms with van der Waals surface area (Å²) >= 11 is 1.90. The number of hydrogen-bond donors (Lipinski definition) is 3. The molecule has 0 aliphatic carbocycles. The van der Waals surface area contributed by atoms with Crippen LogP contribution in [-0.4, -0.2) is 22.5 Å². The Labute approximate surface area is 108 Å². The van der Waals surface area contributed by atoms with Crippen LogP contribution in [0.2, 0.25) is 0 Å². The summed E-state index contributed by atoms with van der Waals surface area (Å²) in [6.45, 7) is 5.32. The molecule has 0 spiro atoms. The first-order valence-corrected chi connectivity index (χ1v) is 7.10. The summed E-state index contributed by atoms with van der Waals surface area (Å²) in [6, 6.07) is 3.64. The van der Waals surface area contributed by atoms with Gasteiger partial charge < -0.3 is 16.8 Å².